The molecule has 1 rings (SSSR count). The topological polar surface area (TPSA) is 95.6 Å². The molecule has 0 heterocycles. The first kappa shape index (κ1) is 21.4. The smallest absolute Gasteiger partial charge is 0.243 e. The SMILES string of the molecule is CCC(C)NC(=O)C(C)NC(=O)CN(C)S(=O)(=O)c1ccc(Cl)cc1. The molecule has 0 fully saturated rings. The van der Waals surface area contributed by atoms with Crippen LogP contribution < -0.4 is 10.6 Å². The van der Waals surface area contributed by atoms with E-state index in [0.29, 0.717) is 5.02 Å². The predicted octanol–water partition coefficient (Wildman–Crippen LogP) is 1.38. The molecule has 0 saturated carbocycles. The molecule has 9 heteroatoms. The second-order valence-corrected chi connectivity index (χ2v) is 8.30. The van der Waals surface area contributed by atoms with Crippen molar-refractivity contribution < 1.29 is 18.0 Å². The quantitative estimate of drug-likeness (QED) is 0.702. The van der Waals surface area contributed by atoms with Crippen molar-refractivity contribution >= 4 is 33.4 Å². The standard InChI is InChI=1S/C16H24ClN3O4S/c1-5-11(2)18-16(22)12(3)19-15(21)10-20(4)25(23,24)14-8-6-13(17)7-9-14/h6-9,11-12H,5,10H2,1-4H3,(H,18,22)(H,19,21). The molecule has 0 bridgehead atoms. The van der Waals surface area contributed by atoms with E-state index in [4.69, 9.17) is 11.6 Å². The van der Waals surface area contributed by atoms with E-state index in [1.807, 2.05) is 13.8 Å². The molecular weight excluding hydrogens is 366 g/mol. The van der Waals surface area contributed by atoms with Crippen LogP contribution in [-0.4, -0.2) is 50.2 Å². The van der Waals surface area contributed by atoms with E-state index in [0.717, 1.165) is 10.7 Å². The summed E-state index contributed by atoms with van der Waals surface area (Å²) >= 11 is 5.75. The van der Waals surface area contributed by atoms with Crippen molar-refractivity contribution in [2.24, 2.45) is 0 Å². The highest BCUT2D eigenvalue weighted by molar-refractivity contribution is 7.89. The fourth-order valence-electron chi connectivity index (χ4n) is 1.90. The Labute approximate surface area is 153 Å². The molecule has 2 N–H and O–H groups in total. The van der Waals surface area contributed by atoms with Gasteiger partial charge in [-0.2, -0.15) is 4.31 Å². The Balaban J connectivity index is 2.66. The first-order valence-electron chi connectivity index (χ1n) is 7.89. The fraction of sp³-hybridized carbons (Fsp3) is 0.500. The van der Waals surface area contributed by atoms with E-state index in [9.17, 15) is 18.0 Å². The number of likely N-dealkylation sites (N-methyl/N-ethyl adjacent to an activating group) is 1. The molecule has 0 aromatic heterocycles. The van der Waals surface area contributed by atoms with Crippen molar-refractivity contribution in [2.75, 3.05) is 13.6 Å². The Hall–Kier alpha value is -1.64. The second kappa shape index (κ2) is 9.17. The summed E-state index contributed by atoms with van der Waals surface area (Å²) in [5, 5.41) is 5.66. The van der Waals surface area contributed by atoms with E-state index in [1.54, 1.807) is 6.92 Å². The number of hydrogen-bond acceptors (Lipinski definition) is 4. The molecule has 0 aliphatic rings. The maximum absolute atomic E-state index is 12.4. The average Bonchev–Trinajstić information content (AvgIpc) is 2.54. The van der Waals surface area contributed by atoms with Crippen LogP contribution in [0.3, 0.4) is 0 Å². The van der Waals surface area contributed by atoms with E-state index < -0.39 is 28.5 Å². The third kappa shape index (κ3) is 6.30. The minimum atomic E-state index is -3.82. The van der Waals surface area contributed by atoms with Crippen LogP contribution in [0.5, 0.6) is 0 Å². The minimum absolute atomic E-state index is 0.000178. The van der Waals surface area contributed by atoms with E-state index in [2.05, 4.69) is 10.6 Å². The van der Waals surface area contributed by atoms with Crippen LogP contribution in [0.2, 0.25) is 5.02 Å². The lowest BCUT2D eigenvalue weighted by Crippen LogP contribution is -2.49. The third-order valence-electron chi connectivity index (χ3n) is 3.66. The maximum Gasteiger partial charge on any atom is 0.243 e. The third-order valence-corrected chi connectivity index (χ3v) is 5.73. The molecule has 1 aromatic carbocycles. The number of amides is 2. The van der Waals surface area contributed by atoms with Crippen molar-refractivity contribution in [3.63, 3.8) is 0 Å². The molecular formula is C16H24ClN3O4S. The van der Waals surface area contributed by atoms with Gasteiger partial charge in [0.05, 0.1) is 11.4 Å². The van der Waals surface area contributed by atoms with Gasteiger partial charge in [-0.25, -0.2) is 8.42 Å². The molecule has 0 radical (unpaired) electrons. The molecule has 25 heavy (non-hydrogen) atoms. The lowest BCUT2D eigenvalue weighted by atomic mass is 10.2. The lowest BCUT2D eigenvalue weighted by molar-refractivity contribution is -0.128. The molecule has 0 aliphatic heterocycles. The van der Waals surface area contributed by atoms with Gasteiger partial charge >= 0.3 is 0 Å². The van der Waals surface area contributed by atoms with Crippen LogP contribution in [-0.2, 0) is 19.6 Å². The molecule has 0 spiro atoms. The molecule has 7 nitrogen and oxygen atoms in total. The van der Waals surface area contributed by atoms with Crippen molar-refractivity contribution in [1.29, 1.82) is 0 Å². The van der Waals surface area contributed by atoms with Crippen molar-refractivity contribution in [3.8, 4) is 0 Å². The van der Waals surface area contributed by atoms with Gasteiger partial charge in [0.25, 0.3) is 0 Å². The Morgan fingerprint density at radius 3 is 2.24 bits per heavy atom. The maximum atomic E-state index is 12.4. The summed E-state index contributed by atoms with van der Waals surface area (Å²) in [4.78, 5) is 24.0. The highest BCUT2D eigenvalue weighted by Crippen LogP contribution is 2.17. The molecule has 0 aliphatic carbocycles. The van der Waals surface area contributed by atoms with Gasteiger partial charge in [0.2, 0.25) is 21.8 Å². The molecule has 2 amide bonds. The van der Waals surface area contributed by atoms with E-state index in [1.165, 1.54) is 31.3 Å². The summed E-state index contributed by atoms with van der Waals surface area (Å²) in [6.07, 6.45) is 0.772. The largest absolute Gasteiger partial charge is 0.352 e. The molecule has 0 saturated heterocycles. The fourth-order valence-corrected chi connectivity index (χ4v) is 3.15. The highest BCUT2D eigenvalue weighted by atomic mass is 35.5. The monoisotopic (exact) mass is 389 g/mol. The van der Waals surface area contributed by atoms with Crippen LogP contribution in [0.25, 0.3) is 0 Å². The van der Waals surface area contributed by atoms with Crippen molar-refractivity contribution in [2.45, 2.75) is 44.2 Å². The Bertz CT molecular complexity index is 707. The zero-order chi connectivity index (χ0) is 19.2. The number of carbonyl (C=O) groups is 2. The van der Waals surface area contributed by atoms with Gasteiger partial charge in [0, 0.05) is 18.1 Å². The van der Waals surface area contributed by atoms with Gasteiger partial charge in [-0.1, -0.05) is 18.5 Å². The summed E-state index contributed by atoms with van der Waals surface area (Å²) in [6, 6.07) is 4.91. The van der Waals surface area contributed by atoms with Crippen molar-refractivity contribution in [3.05, 3.63) is 29.3 Å². The number of nitrogens with one attached hydrogen (secondary N) is 2. The summed E-state index contributed by atoms with van der Waals surface area (Å²) in [6.45, 7) is 4.94. The Kier molecular flexibility index (Phi) is 7.85. The molecule has 1 aromatic rings. The summed E-state index contributed by atoms with van der Waals surface area (Å²) in [7, 11) is -2.52. The molecule has 140 valence electrons. The number of hydrogen-bond donors (Lipinski definition) is 2. The van der Waals surface area contributed by atoms with Crippen LogP contribution in [0.1, 0.15) is 27.2 Å². The van der Waals surface area contributed by atoms with Crippen LogP contribution in [0.15, 0.2) is 29.2 Å². The number of carbonyl (C=O) groups excluding carboxylic acids is 2. The average molecular weight is 390 g/mol. The zero-order valence-electron chi connectivity index (χ0n) is 14.7. The molecule has 2 unspecified atom stereocenters. The van der Waals surface area contributed by atoms with Crippen LogP contribution in [0.4, 0.5) is 0 Å². The minimum Gasteiger partial charge on any atom is -0.352 e. The van der Waals surface area contributed by atoms with Crippen LogP contribution in [0, 0.1) is 0 Å². The summed E-state index contributed by atoms with van der Waals surface area (Å²) in [5.41, 5.74) is 0. The van der Waals surface area contributed by atoms with E-state index >= 15 is 0 Å². The van der Waals surface area contributed by atoms with Gasteiger partial charge in [0.15, 0.2) is 0 Å². The van der Waals surface area contributed by atoms with Crippen LogP contribution >= 0.6 is 11.6 Å². The normalized spacial score (nSPS) is 14.0. The number of sulfonamides is 1. The first-order chi connectivity index (χ1) is 11.6. The Morgan fingerprint density at radius 2 is 1.72 bits per heavy atom. The summed E-state index contributed by atoms with van der Waals surface area (Å²) in [5.74, 6) is -0.877. The molecule has 2 atom stereocenters. The summed E-state index contributed by atoms with van der Waals surface area (Å²) < 4.78 is 25.7. The number of benzene rings is 1. The van der Waals surface area contributed by atoms with Gasteiger partial charge < -0.3 is 10.6 Å². The number of rotatable bonds is 8. The van der Waals surface area contributed by atoms with Crippen molar-refractivity contribution in [1.82, 2.24) is 14.9 Å². The first-order valence-corrected chi connectivity index (χ1v) is 9.71. The number of nitrogens with zero attached hydrogens (tertiary/aromatic N) is 1. The zero-order valence-corrected chi connectivity index (χ0v) is 16.3. The van der Waals surface area contributed by atoms with Gasteiger partial charge in [-0.3, -0.25) is 9.59 Å². The number of halogens is 1. The Morgan fingerprint density at radius 1 is 1.16 bits per heavy atom. The van der Waals surface area contributed by atoms with Gasteiger partial charge in [0.1, 0.15) is 6.04 Å². The van der Waals surface area contributed by atoms with Gasteiger partial charge in [-0.05, 0) is 44.5 Å². The van der Waals surface area contributed by atoms with Gasteiger partial charge in [-0.15, -0.1) is 0 Å². The predicted molar refractivity (Wildman–Crippen MR) is 96.8 cm³/mol. The highest BCUT2D eigenvalue weighted by Gasteiger charge is 2.24. The van der Waals surface area contributed by atoms with E-state index in [-0.39, 0.29) is 16.8 Å². The lowest BCUT2D eigenvalue weighted by Gasteiger charge is -2.20. The second-order valence-electron chi connectivity index (χ2n) is 5.82.